The first kappa shape index (κ1) is 39.4. The van der Waals surface area contributed by atoms with Crippen molar-refractivity contribution in [3.8, 4) is 5.75 Å². The molecule has 2 aromatic carbocycles. The van der Waals surface area contributed by atoms with Crippen molar-refractivity contribution in [2.45, 2.75) is 110 Å². The van der Waals surface area contributed by atoms with Crippen LogP contribution in [0.3, 0.4) is 0 Å². The van der Waals surface area contributed by atoms with Gasteiger partial charge in [0.25, 0.3) is 5.91 Å². The maximum atomic E-state index is 14.7. The molecule has 0 radical (unpaired) electrons. The number of aryl methyl sites for hydroxylation is 2. The van der Waals surface area contributed by atoms with Gasteiger partial charge in [0, 0.05) is 31.4 Å². The normalized spacial score (nSPS) is 23.1. The second-order valence-electron chi connectivity index (χ2n) is 15.6. The van der Waals surface area contributed by atoms with Crippen LogP contribution in [0.25, 0.3) is 0 Å². The second-order valence-corrected chi connectivity index (χ2v) is 15.6. The number of hydrogen-bond acceptors (Lipinski definition) is 8. The number of amides is 4. The van der Waals surface area contributed by atoms with Crippen molar-refractivity contribution in [2.75, 3.05) is 20.2 Å². The van der Waals surface area contributed by atoms with E-state index in [1.54, 1.807) is 12.1 Å². The summed E-state index contributed by atoms with van der Waals surface area (Å²) >= 11 is 0. The molecule has 13 heteroatoms. The van der Waals surface area contributed by atoms with Crippen LogP contribution in [0.1, 0.15) is 94.9 Å². The number of Topliss-reactive ketones (excluding diaryl/α,β-unsaturated/α-hetero) is 1. The lowest BCUT2D eigenvalue weighted by Crippen LogP contribution is -2.59. The van der Waals surface area contributed by atoms with Gasteiger partial charge in [-0.1, -0.05) is 51.4 Å². The number of halogens is 1. The van der Waals surface area contributed by atoms with E-state index in [0.29, 0.717) is 31.6 Å². The topological polar surface area (TPSA) is 156 Å². The molecule has 0 unspecified atom stereocenters. The third-order valence-electron chi connectivity index (χ3n) is 10.4. The van der Waals surface area contributed by atoms with Crippen LogP contribution in [0.2, 0.25) is 0 Å². The maximum Gasteiger partial charge on any atom is 0.289 e. The zero-order valence-electron chi connectivity index (χ0n) is 31.9. The highest BCUT2D eigenvalue weighted by molar-refractivity contribution is 6.38. The Morgan fingerprint density at radius 2 is 1.70 bits per heavy atom. The summed E-state index contributed by atoms with van der Waals surface area (Å²) in [6.45, 7) is 13.7. The van der Waals surface area contributed by atoms with E-state index in [4.69, 9.17) is 9.57 Å². The summed E-state index contributed by atoms with van der Waals surface area (Å²) in [7, 11) is 1.35. The fraction of sp³-hybridized carbons (Fsp3) is 0.550. The number of ketones is 1. The molecule has 2 aliphatic heterocycles. The molecule has 5 rings (SSSR count). The standard InChI is InChI=1S/C40H52FN5O7/c1-9-11-29(32(47)37(50)42-8)43-36(49)31-20-40(19-30(45-53-40)25-16-22(3)33(52-10-2)23(4)17-25)21-46(31)38(51)34(39(5,6)7)44-35(48)28-18-27(28)24-12-14-26(41)15-13-24/h12-17,27-29,31,34H,9-11,18-21H2,1-8H3,(H,42,50)(H,43,49)(H,44,48)/t27-,28+,29+,31+,34-,40-/m1/s1. The lowest BCUT2D eigenvalue weighted by Gasteiger charge is -2.35. The molecule has 12 nitrogen and oxygen atoms in total. The predicted molar refractivity (Wildman–Crippen MR) is 197 cm³/mol. The van der Waals surface area contributed by atoms with E-state index in [-0.39, 0.29) is 42.9 Å². The monoisotopic (exact) mass is 733 g/mol. The molecule has 1 spiro atoms. The molecule has 3 N–H and O–H groups in total. The van der Waals surface area contributed by atoms with Gasteiger partial charge in [0.2, 0.25) is 23.5 Å². The van der Waals surface area contributed by atoms with E-state index in [9.17, 15) is 28.4 Å². The summed E-state index contributed by atoms with van der Waals surface area (Å²) in [4.78, 5) is 75.3. The minimum Gasteiger partial charge on any atom is -0.493 e. The molecule has 4 amide bonds. The number of carbonyl (C=O) groups is 5. The summed E-state index contributed by atoms with van der Waals surface area (Å²) in [5.41, 5.74) is 2.40. The number of likely N-dealkylation sites (N-methyl/N-ethyl adjacent to an activating group) is 1. The molecule has 2 heterocycles. The van der Waals surface area contributed by atoms with Crippen molar-refractivity contribution in [3.63, 3.8) is 0 Å². The van der Waals surface area contributed by atoms with Gasteiger partial charge in [-0.2, -0.15) is 0 Å². The van der Waals surface area contributed by atoms with Crippen molar-refractivity contribution in [3.05, 3.63) is 64.5 Å². The number of carbonyl (C=O) groups excluding carboxylic acids is 5. The van der Waals surface area contributed by atoms with Gasteiger partial charge < -0.3 is 30.4 Å². The Balaban J connectivity index is 1.42. The first-order valence-electron chi connectivity index (χ1n) is 18.4. The van der Waals surface area contributed by atoms with Crippen molar-refractivity contribution in [1.29, 1.82) is 0 Å². The average Bonchev–Trinajstić information content (AvgIpc) is 3.67. The van der Waals surface area contributed by atoms with E-state index >= 15 is 0 Å². The smallest absolute Gasteiger partial charge is 0.289 e. The molecule has 2 aromatic rings. The van der Waals surface area contributed by atoms with Gasteiger partial charge in [-0.25, -0.2) is 4.39 Å². The largest absolute Gasteiger partial charge is 0.493 e. The Labute approximate surface area is 310 Å². The molecule has 1 saturated heterocycles. The van der Waals surface area contributed by atoms with Crippen LogP contribution in [-0.4, -0.2) is 83.9 Å². The lowest BCUT2D eigenvalue weighted by molar-refractivity contribution is -0.145. The van der Waals surface area contributed by atoms with Crippen LogP contribution in [0, 0.1) is 31.0 Å². The summed E-state index contributed by atoms with van der Waals surface area (Å²) in [6, 6.07) is 6.81. The molecule has 0 aromatic heterocycles. The lowest BCUT2D eigenvalue weighted by atomic mass is 9.85. The molecule has 2 fully saturated rings. The Morgan fingerprint density at radius 3 is 2.28 bits per heavy atom. The van der Waals surface area contributed by atoms with Gasteiger partial charge in [0.15, 0.2) is 5.60 Å². The van der Waals surface area contributed by atoms with Gasteiger partial charge in [0.1, 0.15) is 23.7 Å². The first-order chi connectivity index (χ1) is 25.0. The van der Waals surface area contributed by atoms with Gasteiger partial charge in [0.05, 0.1) is 24.9 Å². The van der Waals surface area contributed by atoms with E-state index in [0.717, 1.165) is 28.0 Å². The molecule has 6 atom stereocenters. The fourth-order valence-electron chi connectivity index (χ4n) is 7.51. The van der Waals surface area contributed by atoms with Crippen molar-refractivity contribution < 1.29 is 37.9 Å². The molecular weight excluding hydrogens is 681 g/mol. The van der Waals surface area contributed by atoms with Crippen molar-refractivity contribution in [1.82, 2.24) is 20.9 Å². The fourth-order valence-corrected chi connectivity index (χ4v) is 7.51. The highest BCUT2D eigenvalue weighted by Gasteiger charge is 2.56. The minimum absolute atomic E-state index is 0.00215. The Kier molecular flexibility index (Phi) is 11.6. The molecule has 1 saturated carbocycles. The second kappa shape index (κ2) is 15.7. The summed E-state index contributed by atoms with van der Waals surface area (Å²) in [6.07, 6.45) is 1.68. The molecular formula is C40H52FN5O7. The van der Waals surface area contributed by atoms with E-state index in [1.807, 2.05) is 60.6 Å². The predicted octanol–water partition coefficient (Wildman–Crippen LogP) is 4.24. The number of benzene rings is 2. The number of oxime groups is 1. The van der Waals surface area contributed by atoms with Crippen LogP contribution in [-0.2, 0) is 28.8 Å². The first-order valence-corrected chi connectivity index (χ1v) is 18.4. The van der Waals surface area contributed by atoms with Gasteiger partial charge in [-0.15, -0.1) is 0 Å². The van der Waals surface area contributed by atoms with E-state index in [1.165, 1.54) is 24.1 Å². The number of ether oxygens (including phenoxy) is 1. The number of likely N-dealkylation sites (tertiary alicyclic amines) is 1. The number of rotatable bonds is 13. The van der Waals surface area contributed by atoms with Crippen LogP contribution in [0.5, 0.6) is 5.75 Å². The van der Waals surface area contributed by atoms with Crippen molar-refractivity contribution >= 4 is 35.1 Å². The molecule has 1 aliphatic carbocycles. The Bertz CT molecular complexity index is 1770. The average molecular weight is 734 g/mol. The van der Waals surface area contributed by atoms with E-state index < -0.39 is 52.6 Å². The van der Waals surface area contributed by atoms with Gasteiger partial charge in [-0.3, -0.25) is 24.0 Å². The Morgan fingerprint density at radius 1 is 1.04 bits per heavy atom. The zero-order chi connectivity index (χ0) is 38.8. The molecule has 286 valence electrons. The third-order valence-corrected chi connectivity index (χ3v) is 10.4. The van der Waals surface area contributed by atoms with Crippen LogP contribution < -0.4 is 20.7 Å². The highest BCUT2D eigenvalue weighted by Crippen LogP contribution is 2.48. The van der Waals surface area contributed by atoms with Gasteiger partial charge in [-0.05, 0) is 85.9 Å². The van der Waals surface area contributed by atoms with Gasteiger partial charge >= 0.3 is 0 Å². The molecule has 0 bridgehead atoms. The summed E-state index contributed by atoms with van der Waals surface area (Å²) in [5.74, 6) is -3.02. The number of hydrogen-bond donors (Lipinski definition) is 3. The Hall–Kier alpha value is -4.81. The SMILES string of the molecule is CCC[C@H](NC(=O)[C@@H]1C[C@]2(CC(c3cc(C)c(OCC)c(C)c3)=NO2)CN1C(=O)[C@@H](NC(=O)[C@H]1C[C@@H]1c1ccc(F)cc1)C(C)(C)C)C(=O)C(=O)NC. The summed E-state index contributed by atoms with van der Waals surface area (Å²) < 4.78 is 19.4. The van der Waals surface area contributed by atoms with Crippen LogP contribution in [0.15, 0.2) is 41.6 Å². The number of nitrogens with one attached hydrogen (secondary N) is 3. The molecule has 3 aliphatic rings. The van der Waals surface area contributed by atoms with Crippen LogP contribution >= 0.6 is 0 Å². The third kappa shape index (κ3) is 8.55. The maximum absolute atomic E-state index is 14.7. The minimum atomic E-state index is -1.09. The molecule has 53 heavy (non-hydrogen) atoms. The summed E-state index contributed by atoms with van der Waals surface area (Å²) in [5, 5.41) is 12.5. The highest BCUT2D eigenvalue weighted by atomic mass is 19.1. The zero-order valence-corrected chi connectivity index (χ0v) is 31.9. The number of nitrogens with zero attached hydrogens (tertiary/aromatic N) is 2. The van der Waals surface area contributed by atoms with Crippen LogP contribution in [0.4, 0.5) is 4.39 Å². The van der Waals surface area contributed by atoms with E-state index in [2.05, 4.69) is 21.1 Å². The van der Waals surface area contributed by atoms with Crippen molar-refractivity contribution in [2.24, 2.45) is 16.5 Å². The quantitative estimate of drug-likeness (QED) is 0.260.